The third-order valence-corrected chi connectivity index (χ3v) is 7.01. The molecular formula is C24H28N4O2S. The molecule has 6 nitrogen and oxygen atoms in total. The summed E-state index contributed by atoms with van der Waals surface area (Å²) in [6.45, 7) is 5.40. The summed E-state index contributed by atoms with van der Waals surface area (Å²) in [6, 6.07) is 12.2. The molecule has 0 saturated carbocycles. The number of amides is 2. The van der Waals surface area contributed by atoms with Crippen LogP contribution in [0.25, 0.3) is 10.4 Å². The number of aromatic nitrogens is 2. The molecule has 1 aliphatic rings. The molecule has 1 fully saturated rings. The molecule has 1 aliphatic heterocycles. The van der Waals surface area contributed by atoms with Gasteiger partial charge in [0.2, 0.25) is 11.8 Å². The molecule has 2 amide bonds. The maximum atomic E-state index is 13.2. The molecule has 4 rings (SSSR count). The highest BCUT2D eigenvalue weighted by molar-refractivity contribution is 7.13. The van der Waals surface area contributed by atoms with Crippen LogP contribution in [0.5, 0.6) is 0 Å². The van der Waals surface area contributed by atoms with Crippen LogP contribution in [0.4, 0.5) is 0 Å². The average Bonchev–Trinajstić information content (AvgIpc) is 3.55. The molecule has 3 heterocycles. The standard InChI is InChI=1S/C24H28N4O2S/c1-3-26-23(30)24(15-19-6-4-7-20(14-19)21-8-5-13-31-21)9-11-27(16-24)22(29)18(2)28-12-10-25-17-28/h4-8,10,12-14,17-18H,3,9,11,15-16H2,1-2H3,(H,26,30)/t18-,24-/m0/s1. The zero-order valence-electron chi connectivity index (χ0n) is 18.0. The fraction of sp³-hybridized carbons (Fsp3) is 0.375. The zero-order valence-corrected chi connectivity index (χ0v) is 18.8. The number of carbonyl (C=O) groups is 2. The molecule has 2 atom stereocenters. The van der Waals surface area contributed by atoms with Crippen LogP contribution in [0, 0.1) is 5.41 Å². The molecule has 1 aromatic carbocycles. The van der Waals surface area contributed by atoms with Gasteiger partial charge in [-0.25, -0.2) is 4.98 Å². The molecule has 7 heteroatoms. The summed E-state index contributed by atoms with van der Waals surface area (Å²) in [4.78, 5) is 33.4. The van der Waals surface area contributed by atoms with Crippen molar-refractivity contribution in [3.8, 4) is 10.4 Å². The third-order valence-electron chi connectivity index (χ3n) is 6.09. The molecule has 0 spiro atoms. The van der Waals surface area contributed by atoms with Crippen molar-refractivity contribution in [1.82, 2.24) is 19.8 Å². The molecule has 2 aromatic heterocycles. The summed E-state index contributed by atoms with van der Waals surface area (Å²) in [5.41, 5.74) is 1.67. The minimum absolute atomic E-state index is 0.0245. The molecule has 162 valence electrons. The Labute approximate surface area is 186 Å². The maximum Gasteiger partial charge on any atom is 0.245 e. The first kappa shape index (κ1) is 21.3. The van der Waals surface area contributed by atoms with Crippen LogP contribution in [0.2, 0.25) is 0 Å². The van der Waals surface area contributed by atoms with Crippen LogP contribution >= 0.6 is 11.3 Å². The average molecular weight is 437 g/mol. The van der Waals surface area contributed by atoms with Crippen molar-refractivity contribution in [3.05, 3.63) is 66.1 Å². The van der Waals surface area contributed by atoms with Crippen molar-refractivity contribution in [2.45, 2.75) is 32.7 Å². The predicted molar refractivity (Wildman–Crippen MR) is 123 cm³/mol. The summed E-state index contributed by atoms with van der Waals surface area (Å²) in [6.07, 6.45) is 6.40. The largest absolute Gasteiger partial charge is 0.356 e. The van der Waals surface area contributed by atoms with E-state index >= 15 is 0 Å². The van der Waals surface area contributed by atoms with E-state index in [1.54, 1.807) is 34.6 Å². The van der Waals surface area contributed by atoms with Gasteiger partial charge in [0.15, 0.2) is 0 Å². The Balaban J connectivity index is 1.56. The second kappa shape index (κ2) is 9.06. The molecule has 0 bridgehead atoms. The van der Waals surface area contributed by atoms with Crippen LogP contribution in [0.1, 0.15) is 31.9 Å². The predicted octanol–water partition coefficient (Wildman–Crippen LogP) is 3.77. The Morgan fingerprint density at radius 2 is 2.16 bits per heavy atom. The number of nitrogens with zero attached hydrogens (tertiary/aromatic N) is 3. The summed E-state index contributed by atoms with van der Waals surface area (Å²) in [5.74, 6) is 0.0543. The van der Waals surface area contributed by atoms with Crippen LogP contribution in [0.3, 0.4) is 0 Å². The highest BCUT2D eigenvalue weighted by Gasteiger charge is 2.46. The smallest absolute Gasteiger partial charge is 0.245 e. The lowest BCUT2D eigenvalue weighted by Gasteiger charge is -2.29. The van der Waals surface area contributed by atoms with Crippen molar-refractivity contribution < 1.29 is 9.59 Å². The number of carbonyl (C=O) groups excluding carboxylic acids is 2. The second-order valence-electron chi connectivity index (χ2n) is 8.19. The topological polar surface area (TPSA) is 67.2 Å². The Bertz CT molecular complexity index is 1030. The Hall–Kier alpha value is -2.93. The maximum absolute atomic E-state index is 13.2. The SMILES string of the molecule is CCNC(=O)[C@]1(Cc2cccc(-c3cccs3)c2)CCN(C(=O)[C@H](C)n2ccnc2)C1. The van der Waals surface area contributed by atoms with Gasteiger partial charge in [-0.1, -0.05) is 30.3 Å². The number of imidazole rings is 1. The minimum Gasteiger partial charge on any atom is -0.356 e. The first-order chi connectivity index (χ1) is 15.0. The Morgan fingerprint density at radius 1 is 1.29 bits per heavy atom. The van der Waals surface area contributed by atoms with E-state index in [4.69, 9.17) is 0 Å². The summed E-state index contributed by atoms with van der Waals surface area (Å²) in [5, 5.41) is 5.09. The number of benzene rings is 1. The van der Waals surface area contributed by atoms with Gasteiger partial charge in [0.25, 0.3) is 0 Å². The number of rotatable bonds is 7. The van der Waals surface area contributed by atoms with Gasteiger partial charge in [-0.2, -0.15) is 0 Å². The Morgan fingerprint density at radius 3 is 2.87 bits per heavy atom. The molecule has 1 N–H and O–H groups in total. The van der Waals surface area contributed by atoms with Gasteiger partial charge in [-0.05, 0) is 49.3 Å². The van der Waals surface area contributed by atoms with Gasteiger partial charge in [0, 0.05) is 36.9 Å². The summed E-state index contributed by atoms with van der Waals surface area (Å²) < 4.78 is 1.80. The van der Waals surface area contributed by atoms with Crippen LogP contribution in [-0.4, -0.2) is 45.9 Å². The van der Waals surface area contributed by atoms with Crippen molar-refractivity contribution in [2.24, 2.45) is 5.41 Å². The zero-order chi connectivity index (χ0) is 21.8. The molecule has 31 heavy (non-hydrogen) atoms. The highest BCUT2D eigenvalue weighted by Crippen LogP contribution is 2.37. The van der Waals surface area contributed by atoms with E-state index in [1.165, 1.54) is 10.4 Å². The van der Waals surface area contributed by atoms with E-state index < -0.39 is 5.41 Å². The summed E-state index contributed by atoms with van der Waals surface area (Å²) >= 11 is 1.71. The Kier molecular flexibility index (Phi) is 6.23. The van der Waals surface area contributed by atoms with Crippen molar-refractivity contribution in [2.75, 3.05) is 19.6 Å². The molecule has 3 aromatic rings. The van der Waals surface area contributed by atoms with Gasteiger partial charge in [-0.15, -0.1) is 11.3 Å². The van der Waals surface area contributed by atoms with E-state index in [0.29, 0.717) is 32.5 Å². The lowest BCUT2D eigenvalue weighted by molar-refractivity contribution is -0.135. The number of nitrogens with one attached hydrogen (secondary N) is 1. The van der Waals surface area contributed by atoms with Crippen molar-refractivity contribution >= 4 is 23.2 Å². The molecule has 0 unspecified atom stereocenters. The van der Waals surface area contributed by atoms with Crippen LogP contribution in [0.15, 0.2) is 60.5 Å². The van der Waals surface area contributed by atoms with Gasteiger partial charge < -0.3 is 14.8 Å². The van der Waals surface area contributed by atoms with Crippen LogP contribution < -0.4 is 5.32 Å². The lowest BCUT2D eigenvalue weighted by Crippen LogP contribution is -2.45. The van der Waals surface area contributed by atoms with Gasteiger partial charge in [0.1, 0.15) is 6.04 Å². The number of hydrogen-bond donors (Lipinski definition) is 1. The third kappa shape index (κ3) is 4.42. The van der Waals surface area contributed by atoms with Crippen molar-refractivity contribution in [1.29, 1.82) is 0 Å². The van der Waals surface area contributed by atoms with E-state index in [9.17, 15) is 9.59 Å². The fourth-order valence-corrected chi connectivity index (χ4v) is 5.10. The van der Waals surface area contributed by atoms with E-state index in [0.717, 1.165) is 5.56 Å². The molecular weight excluding hydrogens is 408 g/mol. The van der Waals surface area contributed by atoms with Gasteiger partial charge in [0.05, 0.1) is 11.7 Å². The summed E-state index contributed by atoms with van der Waals surface area (Å²) in [7, 11) is 0. The first-order valence-corrected chi connectivity index (χ1v) is 11.6. The van der Waals surface area contributed by atoms with E-state index in [2.05, 4.69) is 46.0 Å². The lowest BCUT2D eigenvalue weighted by atomic mass is 9.79. The van der Waals surface area contributed by atoms with Gasteiger partial charge in [-0.3, -0.25) is 9.59 Å². The number of likely N-dealkylation sites (tertiary alicyclic amines) is 1. The number of hydrogen-bond acceptors (Lipinski definition) is 4. The minimum atomic E-state index is -0.617. The van der Waals surface area contributed by atoms with Crippen molar-refractivity contribution in [3.63, 3.8) is 0 Å². The quantitative estimate of drug-likeness (QED) is 0.613. The number of thiophene rings is 1. The monoisotopic (exact) mass is 436 g/mol. The molecule has 1 saturated heterocycles. The van der Waals surface area contributed by atoms with Gasteiger partial charge >= 0.3 is 0 Å². The normalized spacial score (nSPS) is 19.4. The molecule has 0 radical (unpaired) electrons. The molecule has 0 aliphatic carbocycles. The first-order valence-electron chi connectivity index (χ1n) is 10.7. The second-order valence-corrected chi connectivity index (χ2v) is 9.14. The fourth-order valence-electron chi connectivity index (χ4n) is 4.38. The van der Waals surface area contributed by atoms with E-state index in [1.807, 2.05) is 24.8 Å². The highest BCUT2D eigenvalue weighted by atomic mass is 32.1. The van der Waals surface area contributed by atoms with E-state index in [-0.39, 0.29) is 17.9 Å². The van der Waals surface area contributed by atoms with Crippen LogP contribution in [-0.2, 0) is 16.0 Å².